The van der Waals surface area contributed by atoms with E-state index in [1.807, 2.05) is 0 Å². The monoisotopic (exact) mass is 526 g/mol. The van der Waals surface area contributed by atoms with Gasteiger partial charge in [-0.05, 0) is 43.7 Å². The molecule has 4 aromatic rings. The van der Waals surface area contributed by atoms with Crippen LogP contribution in [0, 0.1) is 17.5 Å². The number of hydrogen-bond acceptors (Lipinski definition) is 8. The first kappa shape index (κ1) is 27.1. The average Bonchev–Trinajstić information content (AvgIpc) is 2.89. The maximum atomic E-state index is 14.7. The molecule has 0 saturated carbocycles. The molecular formula is C27H29F3N6O2. The number of nitrogens with zero attached hydrogens (tertiary/aromatic N) is 4. The summed E-state index contributed by atoms with van der Waals surface area (Å²) in [6.45, 7) is 4.96. The number of aromatic nitrogens is 3. The van der Waals surface area contributed by atoms with Crippen LogP contribution in [0.3, 0.4) is 0 Å². The lowest BCUT2D eigenvalue weighted by Gasteiger charge is -2.20. The molecule has 2 aromatic heterocycles. The van der Waals surface area contributed by atoms with Crippen molar-refractivity contribution in [3.05, 3.63) is 66.4 Å². The lowest BCUT2D eigenvalue weighted by atomic mass is 10.1. The summed E-state index contributed by atoms with van der Waals surface area (Å²) < 4.78 is 48.0. The summed E-state index contributed by atoms with van der Waals surface area (Å²) in [5.41, 5.74) is 7.30. The molecule has 8 nitrogen and oxygen atoms in total. The van der Waals surface area contributed by atoms with Gasteiger partial charge in [-0.15, -0.1) is 0 Å². The van der Waals surface area contributed by atoms with Gasteiger partial charge >= 0.3 is 0 Å². The molecule has 0 spiro atoms. The fraction of sp³-hybridized carbons (Fsp3) is 0.296. The fourth-order valence-electron chi connectivity index (χ4n) is 4.11. The minimum Gasteiger partial charge on any atom is -0.491 e. The molecule has 4 N–H and O–H groups in total. The lowest BCUT2D eigenvalue weighted by molar-refractivity contribution is 0.183. The summed E-state index contributed by atoms with van der Waals surface area (Å²) in [4.78, 5) is 14.5. The maximum Gasteiger partial charge on any atom is 0.152 e. The van der Waals surface area contributed by atoms with E-state index in [0.29, 0.717) is 35.5 Å². The molecule has 0 aliphatic rings. The Labute approximate surface area is 218 Å². The van der Waals surface area contributed by atoms with E-state index in [1.165, 1.54) is 18.5 Å². The number of ether oxygens (including phenoxy) is 1. The van der Waals surface area contributed by atoms with Crippen molar-refractivity contribution in [1.82, 2.24) is 19.9 Å². The van der Waals surface area contributed by atoms with Crippen LogP contribution in [-0.4, -0.2) is 57.8 Å². The first-order valence-electron chi connectivity index (χ1n) is 12.3. The van der Waals surface area contributed by atoms with Crippen LogP contribution in [0.2, 0.25) is 0 Å². The molecule has 200 valence electrons. The topological polar surface area (TPSA) is 109 Å². The van der Waals surface area contributed by atoms with Crippen molar-refractivity contribution in [2.24, 2.45) is 0 Å². The second-order valence-electron chi connectivity index (χ2n) is 8.70. The highest BCUT2D eigenvalue weighted by atomic mass is 19.1. The highest BCUT2D eigenvalue weighted by Crippen LogP contribution is 2.33. The number of fused-ring (bicyclic) bond motifs is 1. The van der Waals surface area contributed by atoms with Crippen LogP contribution in [0.5, 0.6) is 5.75 Å². The average molecular weight is 527 g/mol. The Morgan fingerprint density at radius 3 is 2.61 bits per heavy atom. The Balaban J connectivity index is 1.52. The zero-order valence-electron chi connectivity index (χ0n) is 20.9. The highest BCUT2D eigenvalue weighted by Gasteiger charge is 2.14. The van der Waals surface area contributed by atoms with Crippen molar-refractivity contribution < 1.29 is 23.0 Å². The number of nitrogens with two attached hydrogens (primary N) is 1. The number of anilines is 3. The molecule has 0 amide bonds. The molecular weight excluding hydrogens is 497 g/mol. The number of hydrogen-bond donors (Lipinski definition) is 3. The van der Waals surface area contributed by atoms with Crippen LogP contribution in [0.1, 0.15) is 19.8 Å². The molecule has 0 fully saturated rings. The van der Waals surface area contributed by atoms with E-state index >= 15 is 0 Å². The molecule has 0 atom stereocenters. The summed E-state index contributed by atoms with van der Waals surface area (Å²) in [5.74, 6) is -1.51. The Kier molecular flexibility index (Phi) is 8.93. The zero-order valence-corrected chi connectivity index (χ0v) is 20.9. The van der Waals surface area contributed by atoms with Crippen molar-refractivity contribution in [2.45, 2.75) is 19.8 Å². The quantitative estimate of drug-likeness (QED) is 0.177. The predicted molar refractivity (Wildman–Crippen MR) is 141 cm³/mol. The van der Waals surface area contributed by atoms with E-state index in [0.717, 1.165) is 44.3 Å². The van der Waals surface area contributed by atoms with E-state index in [1.54, 1.807) is 12.1 Å². The summed E-state index contributed by atoms with van der Waals surface area (Å²) in [5, 5.41) is 12.6. The van der Waals surface area contributed by atoms with Gasteiger partial charge in [0, 0.05) is 36.2 Å². The normalized spacial score (nSPS) is 11.3. The Hall–Kier alpha value is -3.96. The van der Waals surface area contributed by atoms with Crippen molar-refractivity contribution in [3.63, 3.8) is 0 Å². The molecule has 0 aliphatic heterocycles. The Morgan fingerprint density at radius 1 is 1.00 bits per heavy atom. The van der Waals surface area contributed by atoms with E-state index in [9.17, 15) is 18.3 Å². The van der Waals surface area contributed by atoms with Gasteiger partial charge in [0.1, 0.15) is 35.2 Å². The zero-order chi connectivity index (χ0) is 27.1. The number of nitrogen functional groups attached to an aromatic ring is 1. The first-order valence-corrected chi connectivity index (χ1v) is 12.3. The molecule has 0 aliphatic carbocycles. The molecule has 0 radical (unpaired) electrons. The van der Waals surface area contributed by atoms with Crippen molar-refractivity contribution >= 4 is 28.1 Å². The van der Waals surface area contributed by atoms with Gasteiger partial charge in [-0.3, -0.25) is 4.98 Å². The van der Waals surface area contributed by atoms with Crippen LogP contribution in [0.4, 0.5) is 30.4 Å². The van der Waals surface area contributed by atoms with Gasteiger partial charge in [0.05, 0.1) is 36.3 Å². The molecule has 38 heavy (non-hydrogen) atoms. The van der Waals surface area contributed by atoms with Gasteiger partial charge in [-0.2, -0.15) is 0 Å². The van der Waals surface area contributed by atoms with Crippen molar-refractivity contribution in [3.8, 4) is 17.0 Å². The van der Waals surface area contributed by atoms with Crippen LogP contribution < -0.4 is 15.8 Å². The number of rotatable bonds is 12. The summed E-state index contributed by atoms with van der Waals surface area (Å²) in [6, 6.07) is 7.94. The minimum atomic E-state index is -0.859. The van der Waals surface area contributed by atoms with Gasteiger partial charge in [0.2, 0.25) is 0 Å². The molecule has 4 rings (SSSR count). The number of aliphatic hydroxyl groups is 1. The first-order chi connectivity index (χ1) is 18.4. The van der Waals surface area contributed by atoms with Crippen molar-refractivity contribution in [2.75, 3.05) is 43.9 Å². The van der Waals surface area contributed by atoms with E-state index in [-0.39, 0.29) is 29.4 Å². The van der Waals surface area contributed by atoms with Gasteiger partial charge in [0.15, 0.2) is 5.82 Å². The molecule has 11 heteroatoms. The second kappa shape index (κ2) is 12.5. The Bertz CT molecular complexity index is 1400. The van der Waals surface area contributed by atoms with E-state index in [4.69, 9.17) is 10.5 Å². The second-order valence-corrected chi connectivity index (χ2v) is 8.70. The van der Waals surface area contributed by atoms with Crippen LogP contribution in [-0.2, 0) is 0 Å². The SMILES string of the molecule is CCCN(CCO)CCCOc1cc2ncnc(Nc3cc(-c4ncc(F)cc4F)ccc3F)c2cc1N. The van der Waals surface area contributed by atoms with E-state index < -0.39 is 17.5 Å². The van der Waals surface area contributed by atoms with Gasteiger partial charge < -0.3 is 25.8 Å². The van der Waals surface area contributed by atoms with Gasteiger partial charge in [-0.1, -0.05) is 6.92 Å². The third-order valence-corrected chi connectivity index (χ3v) is 5.90. The number of pyridine rings is 1. The summed E-state index contributed by atoms with van der Waals surface area (Å²) >= 11 is 0. The maximum absolute atomic E-state index is 14.7. The summed E-state index contributed by atoms with van der Waals surface area (Å²) in [6.07, 6.45) is 3.98. The minimum absolute atomic E-state index is 0.0198. The number of nitrogens with one attached hydrogen (secondary N) is 1. The van der Waals surface area contributed by atoms with Crippen LogP contribution in [0.15, 0.2) is 48.9 Å². The largest absolute Gasteiger partial charge is 0.491 e. The van der Waals surface area contributed by atoms with Crippen LogP contribution >= 0.6 is 0 Å². The molecule has 0 saturated heterocycles. The molecule has 0 unspecified atom stereocenters. The third-order valence-electron chi connectivity index (χ3n) is 5.90. The smallest absolute Gasteiger partial charge is 0.152 e. The van der Waals surface area contributed by atoms with Gasteiger partial charge in [-0.25, -0.2) is 23.1 Å². The lowest BCUT2D eigenvalue weighted by Crippen LogP contribution is -2.29. The standard InChI is InChI=1S/C27H29F3N6O2/c1-2-6-36(8-9-37)7-3-10-38-25-14-23-19(13-22(25)31)27(34-16-33-23)35-24-11-17(4-5-20(24)29)26-21(30)12-18(28)15-32-26/h4-5,11-16,37H,2-3,6-10,31H2,1H3,(H,33,34,35). The predicted octanol–water partition coefficient (Wildman–Crippen LogP) is 4.91. The highest BCUT2D eigenvalue weighted by molar-refractivity contribution is 5.94. The molecule has 2 aromatic carbocycles. The number of benzene rings is 2. The van der Waals surface area contributed by atoms with Crippen molar-refractivity contribution in [1.29, 1.82) is 0 Å². The Morgan fingerprint density at radius 2 is 1.84 bits per heavy atom. The number of halogens is 3. The molecule has 0 bridgehead atoms. The number of aliphatic hydroxyl groups excluding tert-OH is 1. The van der Waals surface area contributed by atoms with Gasteiger partial charge in [0.25, 0.3) is 0 Å². The third kappa shape index (κ3) is 6.48. The van der Waals surface area contributed by atoms with Crippen LogP contribution in [0.25, 0.3) is 22.2 Å². The fourth-order valence-corrected chi connectivity index (χ4v) is 4.11. The van der Waals surface area contributed by atoms with E-state index in [2.05, 4.69) is 32.1 Å². The molecule has 2 heterocycles. The summed E-state index contributed by atoms with van der Waals surface area (Å²) in [7, 11) is 0.